The van der Waals surface area contributed by atoms with Gasteiger partial charge in [0.15, 0.2) is 0 Å². The predicted octanol–water partition coefficient (Wildman–Crippen LogP) is 2.66. The van der Waals surface area contributed by atoms with E-state index in [0.717, 1.165) is 10.4 Å². The van der Waals surface area contributed by atoms with Gasteiger partial charge in [-0.05, 0) is 37.1 Å². The van der Waals surface area contributed by atoms with Crippen LogP contribution in [0.4, 0.5) is 0 Å². The fourth-order valence-electron chi connectivity index (χ4n) is 2.15. The number of rotatable bonds is 3. The fraction of sp³-hybridized carbons (Fsp3) is 0.125. The SMILES string of the molecule is Cc1sc2ncn(/N=C\c3ccc(C(=O)O)cc3)c(=O)c2c1C. The molecule has 0 spiro atoms. The van der Waals surface area contributed by atoms with E-state index in [2.05, 4.69) is 10.1 Å². The van der Waals surface area contributed by atoms with Gasteiger partial charge >= 0.3 is 5.97 Å². The van der Waals surface area contributed by atoms with Crippen LogP contribution in [0.25, 0.3) is 10.2 Å². The summed E-state index contributed by atoms with van der Waals surface area (Å²) >= 11 is 1.49. The highest BCUT2D eigenvalue weighted by molar-refractivity contribution is 7.18. The zero-order valence-corrected chi connectivity index (χ0v) is 13.3. The van der Waals surface area contributed by atoms with Crippen LogP contribution in [0.5, 0.6) is 0 Å². The molecule has 3 rings (SSSR count). The van der Waals surface area contributed by atoms with Crippen molar-refractivity contribution < 1.29 is 9.90 Å². The zero-order valence-electron chi connectivity index (χ0n) is 12.5. The van der Waals surface area contributed by atoms with E-state index in [9.17, 15) is 9.59 Å². The number of hydrogen-bond acceptors (Lipinski definition) is 5. The molecule has 0 aliphatic carbocycles. The van der Waals surface area contributed by atoms with E-state index in [0.29, 0.717) is 15.8 Å². The third kappa shape index (κ3) is 2.78. The third-order valence-corrected chi connectivity index (χ3v) is 4.68. The van der Waals surface area contributed by atoms with Gasteiger partial charge in [-0.1, -0.05) is 12.1 Å². The number of nitrogens with zero attached hydrogens (tertiary/aromatic N) is 3. The first-order chi connectivity index (χ1) is 11.0. The molecule has 116 valence electrons. The number of aromatic carboxylic acids is 1. The Balaban J connectivity index is 1.98. The molecule has 0 fully saturated rings. The average molecular weight is 327 g/mol. The number of thiophene rings is 1. The molecule has 0 aliphatic rings. The molecule has 2 heterocycles. The number of carboxylic acid groups (broad SMARTS) is 1. The van der Waals surface area contributed by atoms with E-state index in [-0.39, 0.29) is 11.1 Å². The lowest BCUT2D eigenvalue weighted by atomic mass is 10.1. The van der Waals surface area contributed by atoms with Crippen molar-refractivity contribution in [1.29, 1.82) is 0 Å². The first-order valence-electron chi connectivity index (χ1n) is 6.82. The van der Waals surface area contributed by atoms with E-state index in [1.807, 2.05) is 13.8 Å². The van der Waals surface area contributed by atoms with Gasteiger partial charge < -0.3 is 5.11 Å². The second kappa shape index (κ2) is 5.77. The molecule has 0 radical (unpaired) electrons. The van der Waals surface area contributed by atoms with Crippen LogP contribution >= 0.6 is 11.3 Å². The monoisotopic (exact) mass is 327 g/mol. The lowest BCUT2D eigenvalue weighted by molar-refractivity contribution is 0.0697. The van der Waals surface area contributed by atoms with Gasteiger partial charge in [-0.15, -0.1) is 11.3 Å². The standard InChI is InChI=1S/C16H13N3O3S/c1-9-10(2)23-14-13(9)15(20)19(8-17-14)18-7-11-3-5-12(6-4-11)16(21)22/h3-8H,1-2H3,(H,21,22)/b18-7-. The summed E-state index contributed by atoms with van der Waals surface area (Å²) in [5.41, 5.74) is 1.61. The van der Waals surface area contributed by atoms with E-state index in [4.69, 9.17) is 5.11 Å². The summed E-state index contributed by atoms with van der Waals surface area (Å²) in [5.74, 6) is -0.984. The smallest absolute Gasteiger partial charge is 0.335 e. The van der Waals surface area contributed by atoms with Gasteiger partial charge in [0.1, 0.15) is 11.2 Å². The van der Waals surface area contributed by atoms with E-state index >= 15 is 0 Å². The topological polar surface area (TPSA) is 84.6 Å². The number of carboxylic acids is 1. The number of hydrogen-bond donors (Lipinski definition) is 1. The molecule has 0 bridgehead atoms. The Labute approximate surface area is 135 Å². The lowest BCUT2D eigenvalue weighted by Crippen LogP contribution is -2.16. The minimum Gasteiger partial charge on any atom is -0.478 e. The van der Waals surface area contributed by atoms with Crippen LogP contribution in [0.2, 0.25) is 0 Å². The first kappa shape index (κ1) is 15.1. The summed E-state index contributed by atoms with van der Waals surface area (Å²) in [7, 11) is 0. The molecule has 1 aromatic carbocycles. The molecule has 1 N–H and O–H groups in total. The van der Waals surface area contributed by atoms with Crippen molar-refractivity contribution in [3.8, 4) is 0 Å². The Kier molecular flexibility index (Phi) is 3.79. The van der Waals surface area contributed by atoms with Crippen molar-refractivity contribution in [3.05, 3.63) is 62.5 Å². The summed E-state index contributed by atoms with van der Waals surface area (Å²) in [6.07, 6.45) is 2.89. The van der Waals surface area contributed by atoms with Crippen molar-refractivity contribution in [3.63, 3.8) is 0 Å². The van der Waals surface area contributed by atoms with E-state index in [1.165, 1.54) is 40.7 Å². The highest BCUT2D eigenvalue weighted by atomic mass is 32.1. The minimum absolute atomic E-state index is 0.201. The van der Waals surface area contributed by atoms with Crippen LogP contribution in [-0.4, -0.2) is 27.0 Å². The zero-order chi connectivity index (χ0) is 16.6. The Morgan fingerprint density at radius 2 is 2.00 bits per heavy atom. The summed E-state index contributed by atoms with van der Waals surface area (Å²) in [5, 5.41) is 13.6. The number of carbonyl (C=O) groups is 1. The highest BCUT2D eigenvalue weighted by Crippen LogP contribution is 2.25. The number of aryl methyl sites for hydroxylation is 2. The second-order valence-electron chi connectivity index (χ2n) is 5.03. The molecule has 23 heavy (non-hydrogen) atoms. The number of aromatic nitrogens is 2. The van der Waals surface area contributed by atoms with Crippen molar-refractivity contribution in [1.82, 2.24) is 9.66 Å². The molecular formula is C16H13N3O3S. The lowest BCUT2D eigenvalue weighted by Gasteiger charge is -1.99. The largest absolute Gasteiger partial charge is 0.478 e. The molecule has 3 aromatic rings. The summed E-state index contributed by atoms with van der Waals surface area (Å²) in [6, 6.07) is 6.23. The fourth-order valence-corrected chi connectivity index (χ4v) is 3.14. The first-order valence-corrected chi connectivity index (χ1v) is 7.64. The highest BCUT2D eigenvalue weighted by Gasteiger charge is 2.11. The summed E-state index contributed by atoms with van der Waals surface area (Å²) in [6.45, 7) is 3.86. The Hall–Kier alpha value is -2.80. The van der Waals surface area contributed by atoms with Gasteiger partial charge in [0.25, 0.3) is 5.56 Å². The van der Waals surface area contributed by atoms with Gasteiger partial charge in [0.05, 0.1) is 17.2 Å². The molecular weight excluding hydrogens is 314 g/mol. The molecule has 0 unspecified atom stereocenters. The van der Waals surface area contributed by atoms with Gasteiger partial charge in [-0.3, -0.25) is 4.79 Å². The van der Waals surface area contributed by atoms with Gasteiger partial charge in [0.2, 0.25) is 0 Å². The Morgan fingerprint density at radius 3 is 2.65 bits per heavy atom. The second-order valence-corrected chi connectivity index (χ2v) is 6.23. The Bertz CT molecular complexity index is 984. The van der Waals surface area contributed by atoms with Crippen molar-refractivity contribution in [2.75, 3.05) is 0 Å². The van der Waals surface area contributed by atoms with Crippen LogP contribution < -0.4 is 5.56 Å². The molecule has 0 aliphatic heterocycles. The van der Waals surface area contributed by atoms with Gasteiger partial charge in [-0.25, -0.2) is 9.78 Å². The maximum absolute atomic E-state index is 12.5. The van der Waals surface area contributed by atoms with Crippen LogP contribution in [-0.2, 0) is 0 Å². The van der Waals surface area contributed by atoms with Crippen molar-refractivity contribution in [2.24, 2.45) is 5.10 Å². The molecule has 2 aromatic heterocycles. The van der Waals surface area contributed by atoms with Crippen molar-refractivity contribution >= 4 is 33.7 Å². The van der Waals surface area contributed by atoms with Crippen molar-refractivity contribution in [2.45, 2.75) is 13.8 Å². The maximum atomic E-state index is 12.5. The number of benzene rings is 1. The predicted molar refractivity (Wildman–Crippen MR) is 89.7 cm³/mol. The molecule has 0 amide bonds. The van der Waals surface area contributed by atoms with Crippen LogP contribution in [0, 0.1) is 13.8 Å². The number of fused-ring (bicyclic) bond motifs is 1. The molecule has 6 nitrogen and oxygen atoms in total. The van der Waals surface area contributed by atoms with Gasteiger partial charge in [-0.2, -0.15) is 9.78 Å². The maximum Gasteiger partial charge on any atom is 0.335 e. The Morgan fingerprint density at radius 1 is 1.30 bits per heavy atom. The van der Waals surface area contributed by atoms with E-state index in [1.54, 1.807) is 12.1 Å². The minimum atomic E-state index is -0.984. The van der Waals surface area contributed by atoms with E-state index < -0.39 is 5.97 Å². The summed E-state index contributed by atoms with van der Waals surface area (Å²) < 4.78 is 1.19. The molecule has 0 saturated carbocycles. The average Bonchev–Trinajstić information content (AvgIpc) is 2.82. The van der Waals surface area contributed by atoms with Crippen LogP contribution in [0.1, 0.15) is 26.4 Å². The molecule has 0 saturated heterocycles. The third-order valence-electron chi connectivity index (χ3n) is 3.56. The van der Waals surface area contributed by atoms with Crippen LogP contribution in [0.3, 0.4) is 0 Å². The molecule has 7 heteroatoms. The van der Waals surface area contributed by atoms with Gasteiger partial charge in [0, 0.05) is 4.88 Å². The quantitative estimate of drug-likeness (QED) is 0.750. The van der Waals surface area contributed by atoms with Crippen LogP contribution in [0.15, 0.2) is 40.5 Å². The summed E-state index contributed by atoms with van der Waals surface area (Å²) in [4.78, 5) is 29.3. The molecule has 0 atom stereocenters. The normalized spacial score (nSPS) is 11.4.